The van der Waals surface area contributed by atoms with E-state index in [0.29, 0.717) is 25.7 Å². The number of amides is 1. The molecule has 0 bridgehead atoms. The van der Waals surface area contributed by atoms with Crippen molar-refractivity contribution in [2.24, 2.45) is 11.7 Å². The highest BCUT2D eigenvalue weighted by molar-refractivity contribution is 5.81. The van der Waals surface area contributed by atoms with Crippen LogP contribution in [0.25, 0.3) is 0 Å². The van der Waals surface area contributed by atoms with Crippen molar-refractivity contribution in [1.29, 1.82) is 0 Å². The first-order valence-electron chi connectivity index (χ1n) is 6.42. The van der Waals surface area contributed by atoms with Crippen molar-refractivity contribution < 1.29 is 14.3 Å². The molecular weight excluding hydrogens is 220 g/mol. The fraction of sp³-hybridized carbons (Fsp3) is 0.917. The zero-order valence-corrected chi connectivity index (χ0v) is 10.4. The fourth-order valence-electron chi connectivity index (χ4n) is 2.47. The van der Waals surface area contributed by atoms with Gasteiger partial charge in [0.1, 0.15) is 0 Å². The molecule has 2 rings (SSSR count). The number of rotatable bonds is 2. The topological polar surface area (TPSA) is 64.8 Å². The predicted molar refractivity (Wildman–Crippen MR) is 63.5 cm³/mol. The van der Waals surface area contributed by atoms with Crippen molar-refractivity contribution in [1.82, 2.24) is 4.90 Å². The summed E-state index contributed by atoms with van der Waals surface area (Å²) in [7, 11) is 0. The molecular formula is C12H22N2O3. The molecule has 0 radical (unpaired) electrons. The van der Waals surface area contributed by atoms with Crippen LogP contribution in [0.1, 0.15) is 19.8 Å². The Bertz CT molecular complexity index is 264. The monoisotopic (exact) mass is 242 g/mol. The summed E-state index contributed by atoms with van der Waals surface area (Å²) in [6, 6.07) is 0.147. The van der Waals surface area contributed by atoms with Gasteiger partial charge in [-0.25, -0.2) is 0 Å². The molecule has 2 saturated heterocycles. The van der Waals surface area contributed by atoms with E-state index in [9.17, 15) is 4.79 Å². The van der Waals surface area contributed by atoms with E-state index in [1.165, 1.54) is 0 Å². The Morgan fingerprint density at radius 3 is 2.94 bits per heavy atom. The number of nitrogens with two attached hydrogens (primary N) is 1. The van der Waals surface area contributed by atoms with Crippen LogP contribution >= 0.6 is 0 Å². The third-order valence-electron chi connectivity index (χ3n) is 3.60. The van der Waals surface area contributed by atoms with Crippen LogP contribution in [0.15, 0.2) is 0 Å². The highest BCUT2D eigenvalue weighted by atomic mass is 16.6. The van der Waals surface area contributed by atoms with Crippen LogP contribution in [-0.2, 0) is 14.3 Å². The predicted octanol–water partition coefficient (Wildman–Crippen LogP) is -0.0124. The zero-order chi connectivity index (χ0) is 12.3. The number of carbonyl (C=O) groups is 1. The maximum atomic E-state index is 12.2. The van der Waals surface area contributed by atoms with E-state index in [-0.39, 0.29) is 11.9 Å². The van der Waals surface area contributed by atoms with Crippen molar-refractivity contribution in [3.8, 4) is 0 Å². The Hall–Kier alpha value is -0.650. The second-order valence-corrected chi connectivity index (χ2v) is 4.98. The van der Waals surface area contributed by atoms with Gasteiger partial charge in [-0.3, -0.25) is 4.79 Å². The molecule has 3 atom stereocenters. The van der Waals surface area contributed by atoms with Crippen molar-refractivity contribution in [2.75, 3.05) is 32.9 Å². The largest absolute Gasteiger partial charge is 0.376 e. The van der Waals surface area contributed by atoms with Gasteiger partial charge in [0.15, 0.2) is 6.10 Å². The highest BCUT2D eigenvalue weighted by Crippen LogP contribution is 2.20. The number of carbonyl (C=O) groups excluding carboxylic acids is 1. The van der Waals surface area contributed by atoms with Crippen LogP contribution in [0.3, 0.4) is 0 Å². The van der Waals surface area contributed by atoms with Crippen LogP contribution < -0.4 is 5.73 Å². The lowest BCUT2D eigenvalue weighted by Gasteiger charge is -2.37. The minimum atomic E-state index is -0.407. The number of hydrogen-bond acceptors (Lipinski definition) is 4. The van der Waals surface area contributed by atoms with Gasteiger partial charge in [0.25, 0.3) is 5.91 Å². The molecule has 2 heterocycles. The SMILES string of the molecule is CC(N)C1CCCN(C(=O)C2COCCO2)C1. The molecule has 5 heteroatoms. The Kier molecular flexibility index (Phi) is 4.36. The number of ether oxygens (including phenoxy) is 2. The Balaban J connectivity index is 1.89. The second-order valence-electron chi connectivity index (χ2n) is 4.98. The maximum absolute atomic E-state index is 12.2. The highest BCUT2D eigenvalue weighted by Gasteiger charge is 2.31. The van der Waals surface area contributed by atoms with Gasteiger partial charge in [-0.1, -0.05) is 0 Å². The third kappa shape index (κ3) is 3.18. The molecule has 0 aromatic carbocycles. The summed E-state index contributed by atoms with van der Waals surface area (Å²) >= 11 is 0. The summed E-state index contributed by atoms with van der Waals surface area (Å²) in [6.45, 7) is 5.09. The Morgan fingerprint density at radius 1 is 1.47 bits per heavy atom. The van der Waals surface area contributed by atoms with Gasteiger partial charge in [0.05, 0.1) is 19.8 Å². The van der Waals surface area contributed by atoms with E-state index in [1.807, 2.05) is 11.8 Å². The molecule has 17 heavy (non-hydrogen) atoms. The van der Waals surface area contributed by atoms with Crippen LogP contribution in [0.4, 0.5) is 0 Å². The first kappa shape index (κ1) is 12.8. The van der Waals surface area contributed by atoms with Gasteiger partial charge < -0.3 is 20.1 Å². The summed E-state index contributed by atoms with van der Waals surface area (Å²) < 4.78 is 10.7. The van der Waals surface area contributed by atoms with E-state index in [0.717, 1.165) is 25.9 Å². The minimum Gasteiger partial charge on any atom is -0.376 e. The van der Waals surface area contributed by atoms with Gasteiger partial charge in [-0.15, -0.1) is 0 Å². The van der Waals surface area contributed by atoms with Crippen molar-refractivity contribution in [3.05, 3.63) is 0 Å². The van der Waals surface area contributed by atoms with Crippen LogP contribution in [0.5, 0.6) is 0 Å². The van der Waals surface area contributed by atoms with E-state index >= 15 is 0 Å². The minimum absolute atomic E-state index is 0.0649. The Labute approximate surface area is 102 Å². The van der Waals surface area contributed by atoms with Crippen molar-refractivity contribution in [3.63, 3.8) is 0 Å². The molecule has 0 aromatic rings. The van der Waals surface area contributed by atoms with E-state index < -0.39 is 6.10 Å². The first-order valence-corrected chi connectivity index (χ1v) is 6.42. The van der Waals surface area contributed by atoms with Gasteiger partial charge in [0, 0.05) is 19.1 Å². The molecule has 0 aliphatic carbocycles. The van der Waals surface area contributed by atoms with E-state index in [1.54, 1.807) is 0 Å². The third-order valence-corrected chi connectivity index (χ3v) is 3.60. The number of nitrogens with zero attached hydrogens (tertiary/aromatic N) is 1. The van der Waals surface area contributed by atoms with Crippen molar-refractivity contribution in [2.45, 2.75) is 31.9 Å². The summed E-state index contributed by atoms with van der Waals surface area (Å²) in [5, 5.41) is 0. The average molecular weight is 242 g/mol. The fourth-order valence-corrected chi connectivity index (χ4v) is 2.47. The molecule has 1 amide bonds. The molecule has 3 unspecified atom stereocenters. The summed E-state index contributed by atoms with van der Waals surface area (Å²) in [6.07, 6.45) is 1.74. The standard InChI is InChI=1S/C12H22N2O3/c1-9(13)10-3-2-4-14(7-10)12(15)11-8-16-5-6-17-11/h9-11H,2-8,13H2,1H3. The molecule has 2 aliphatic heterocycles. The van der Waals surface area contributed by atoms with Crippen LogP contribution in [0.2, 0.25) is 0 Å². The number of piperidine rings is 1. The van der Waals surface area contributed by atoms with Crippen LogP contribution in [-0.4, -0.2) is 55.9 Å². The lowest BCUT2D eigenvalue weighted by atomic mass is 9.92. The van der Waals surface area contributed by atoms with Gasteiger partial charge in [0.2, 0.25) is 0 Å². The summed E-state index contributed by atoms with van der Waals surface area (Å²) in [5.41, 5.74) is 5.91. The first-order chi connectivity index (χ1) is 8.18. The summed E-state index contributed by atoms with van der Waals surface area (Å²) in [5.74, 6) is 0.479. The molecule has 0 spiro atoms. The molecule has 0 saturated carbocycles. The number of hydrogen-bond donors (Lipinski definition) is 1. The molecule has 2 aliphatic rings. The van der Waals surface area contributed by atoms with E-state index in [4.69, 9.17) is 15.2 Å². The van der Waals surface area contributed by atoms with Gasteiger partial charge in [-0.2, -0.15) is 0 Å². The van der Waals surface area contributed by atoms with Gasteiger partial charge in [-0.05, 0) is 25.7 Å². The van der Waals surface area contributed by atoms with Crippen molar-refractivity contribution >= 4 is 5.91 Å². The van der Waals surface area contributed by atoms with Gasteiger partial charge >= 0.3 is 0 Å². The zero-order valence-electron chi connectivity index (χ0n) is 10.4. The molecule has 98 valence electrons. The van der Waals surface area contributed by atoms with E-state index in [2.05, 4.69) is 0 Å². The summed E-state index contributed by atoms with van der Waals surface area (Å²) in [4.78, 5) is 14.1. The lowest BCUT2D eigenvalue weighted by molar-refractivity contribution is -0.159. The van der Waals surface area contributed by atoms with Crippen LogP contribution in [0, 0.1) is 5.92 Å². The smallest absolute Gasteiger partial charge is 0.254 e. The Morgan fingerprint density at radius 2 is 2.29 bits per heavy atom. The second kappa shape index (κ2) is 5.80. The quantitative estimate of drug-likeness (QED) is 0.739. The maximum Gasteiger partial charge on any atom is 0.254 e. The average Bonchev–Trinajstić information content (AvgIpc) is 2.39. The molecule has 2 fully saturated rings. The number of likely N-dealkylation sites (tertiary alicyclic amines) is 1. The normalized spacial score (nSPS) is 32.2. The lowest BCUT2D eigenvalue weighted by Crippen LogP contribution is -2.51. The molecule has 0 aromatic heterocycles. The molecule has 5 nitrogen and oxygen atoms in total. The molecule has 2 N–H and O–H groups in total.